The molecular formula is C15H18N2O. The minimum absolute atomic E-state index is 0.174. The Hall–Kier alpha value is -1.77. The predicted octanol–water partition coefficient (Wildman–Crippen LogP) is 2.46. The van der Waals surface area contributed by atoms with Crippen molar-refractivity contribution >= 4 is 0 Å². The summed E-state index contributed by atoms with van der Waals surface area (Å²) in [7, 11) is 0. The second kappa shape index (κ2) is 4.16. The lowest BCUT2D eigenvalue weighted by Crippen LogP contribution is -2.22. The summed E-state index contributed by atoms with van der Waals surface area (Å²) in [6.07, 6.45) is 3.10. The van der Waals surface area contributed by atoms with Crippen LogP contribution in [0.15, 0.2) is 29.1 Å². The quantitative estimate of drug-likeness (QED) is 0.794. The molecule has 2 aromatic rings. The van der Waals surface area contributed by atoms with Gasteiger partial charge in [0.15, 0.2) is 0 Å². The van der Waals surface area contributed by atoms with Gasteiger partial charge in [-0.3, -0.25) is 9.48 Å². The van der Waals surface area contributed by atoms with E-state index in [0.29, 0.717) is 0 Å². The van der Waals surface area contributed by atoms with Crippen molar-refractivity contribution in [3.8, 4) is 5.69 Å². The van der Waals surface area contributed by atoms with Gasteiger partial charge in [0.2, 0.25) is 0 Å². The molecule has 0 fully saturated rings. The smallest absolute Gasteiger partial charge is 0.274 e. The van der Waals surface area contributed by atoms with Crippen molar-refractivity contribution < 1.29 is 0 Å². The van der Waals surface area contributed by atoms with E-state index in [4.69, 9.17) is 0 Å². The van der Waals surface area contributed by atoms with Crippen LogP contribution in [0.25, 0.3) is 5.69 Å². The third-order valence-electron chi connectivity index (χ3n) is 3.77. The van der Waals surface area contributed by atoms with E-state index in [9.17, 15) is 4.79 Å². The molecule has 1 aromatic heterocycles. The van der Waals surface area contributed by atoms with Gasteiger partial charge in [0, 0.05) is 17.8 Å². The van der Waals surface area contributed by atoms with E-state index in [2.05, 4.69) is 30.7 Å². The minimum Gasteiger partial charge on any atom is -0.282 e. The normalized spacial score (nSPS) is 13.9. The van der Waals surface area contributed by atoms with Gasteiger partial charge in [0.1, 0.15) is 0 Å². The van der Waals surface area contributed by atoms with Crippen molar-refractivity contribution in [1.82, 2.24) is 9.36 Å². The molecule has 3 rings (SSSR count). The number of rotatable bonds is 2. The summed E-state index contributed by atoms with van der Waals surface area (Å²) in [6.45, 7) is 5.01. The lowest BCUT2D eigenvalue weighted by molar-refractivity contribution is 0.546. The standard InChI is InChI=1S/C15H18N2O/c1-3-16-14-6-4-5-13(14)15(18)17(16)12-9-7-11(2)8-10-12/h7-10H,3-6H2,1-2H3. The zero-order valence-electron chi connectivity index (χ0n) is 10.9. The predicted molar refractivity (Wildman–Crippen MR) is 72.5 cm³/mol. The molecule has 0 bridgehead atoms. The van der Waals surface area contributed by atoms with E-state index >= 15 is 0 Å². The molecule has 0 saturated carbocycles. The molecule has 0 amide bonds. The van der Waals surface area contributed by atoms with Crippen molar-refractivity contribution in [3.63, 3.8) is 0 Å². The van der Waals surface area contributed by atoms with E-state index in [-0.39, 0.29) is 5.56 Å². The fraction of sp³-hybridized carbons (Fsp3) is 0.400. The number of hydrogen-bond acceptors (Lipinski definition) is 1. The average Bonchev–Trinajstić information content (AvgIpc) is 2.93. The molecule has 1 aliphatic carbocycles. The van der Waals surface area contributed by atoms with E-state index in [1.54, 1.807) is 0 Å². The van der Waals surface area contributed by atoms with E-state index in [1.807, 2.05) is 16.8 Å². The summed E-state index contributed by atoms with van der Waals surface area (Å²) in [6, 6.07) is 8.16. The topological polar surface area (TPSA) is 26.9 Å². The highest BCUT2D eigenvalue weighted by molar-refractivity contribution is 5.37. The van der Waals surface area contributed by atoms with Crippen LogP contribution < -0.4 is 5.56 Å². The second-order valence-corrected chi connectivity index (χ2v) is 4.95. The lowest BCUT2D eigenvalue weighted by Gasteiger charge is -2.12. The highest BCUT2D eigenvalue weighted by atomic mass is 16.1. The van der Waals surface area contributed by atoms with E-state index in [0.717, 1.165) is 37.1 Å². The maximum Gasteiger partial charge on any atom is 0.274 e. The van der Waals surface area contributed by atoms with Crippen LogP contribution in [0.4, 0.5) is 0 Å². The Morgan fingerprint density at radius 3 is 2.56 bits per heavy atom. The molecule has 0 saturated heterocycles. The Balaban J connectivity index is 2.23. The Labute approximate surface area is 107 Å². The van der Waals surface area contributed by atoms with Crippen LogP contribution in [0.3, 0.4) is 0 Å². The van der Waals surface area contributed by atoms with Crippen LogP contribution >= 0.6 is 0 Å². The fourth-order valence-electron chi connectivity index (χ4n) is 2.88. The van der Waals surface area contributed by atoms with E-state index in [1.165, 1.54) is 11.3 Å². The molecule has 3 heteroatoms. The van der Waals surface area contributed by atoms with Crippen LogP contribution in [0.2, 0.25) is 0 Å². The van der Waals surface area contributed by atoms with Gasteiger partial charge in [-0.05, 0) is 45.2 Å². The van der Waals surface area contributed by atoms with Crippen LogP contribution in [-0.2, 0) is 19.4 Å². The zero-order valence-corrected chi connectivity index (χ0v) is 10.9. The molecule has 0 radical (unpaired) electrons. The van der Waals surface area contributed by atoms with Crippen molar-refractivity contribution in [2.45, 2.75) is 39.7 Å². The first-order chi connectivity index (χ1) is 8.72. The molecule has 0 N–H and O–H groups in total. The summed E-state index contributed by atoms with van der Waals surface area (Å²) in [4.78, 5) is 12.5. The second-order valence-electron chi connectivity index (χ2n) is 4.95. The largest absolute Gasteiger partial charge is 0.282 e. The molecule has 3 nitrogen and oxygen atoms in total. The van der Waals surface area contributed by atoms with Crippen LogP contribution in [0.5, 0.6) is 0 Å². The van der Waals surface area contributed by atoms with Gasteiger partial charge in [-0.2, -0.15) is 0 Å². The number of fused-ring (bicyclic) bond motifs is 1. The molecule has 0 spiro atoms. The van der Waals surface area contributed by atoms with Gasteiger partial charge >= 0.3 is 0 Å². The van der Waals surface area contributed by atoms with Crippen molar-refractivity contribution in [3.05, 3.63) is 51.4 Å². The summed E-state index contributed by atoms with van der Waals surface area (Å²) in [5, 5.41) is 0. The molecule has 1 aliphatic rings. The number of benzene rings is 1. The first kappa shape index (κ1) is 11.3. The maximum absolute atomic E-state index is 12.5. The first-order valence-electron chi connectivity index (χ1n) is 6.63. The highest BCUT2D eigenvalue weighted by Crippen LogP contribution is 2.21. The molecule has 1 heterocycles. The monoisotopic (exact) mass is 242 g/mol. The Morgan fingerprint density at radius 1 is 1.17 bits per heavy atom. The molecule has 0 unspecified atom stereocenters. The number of aryl methyl sites for hydroxylation is 1. The Kier molecular flexibility index (Phi) is 2.62. The van der Waals surface area contributed by atoms with Gasteiger partial charge in [0.25, 0.3) is 5.56 Å². The summed E-state index contributed by atoms with van der Waals surface area (Å²) < 4.78 is 3.97. The molecule has 18 heavy (non-hydrogen) atoms. The number of hydrogen-bond donors (Lipinski definition) is 0. The minimum atomic E-state index is 0.174. The van der Waals surface area contributed by atoms with Crippen LogP contribution in [0.1, 0.15) is 30.2 Å². The summed E-state index contributed by atoms with van der Waals surface area (Å²) in [5.41, 5.74) is 4.63. The average molecular weight is 242 g/mol. The van der Waals surface area contributed by atoms with Crippen LogP contribution in [0, 0.1) is 6.92 Å². The fourth-order valence-corrected chi connectivity index (χ4v) is 2.88. The maximum atomic E-state index is 12.5. The third-order valence-corrected chi connectivity index (χ3v) is 3.77. The van der Waals surface area contributed by atoms with Crippen LogP contribution in [-0.4, -0.2) is 9.36 Å². The SMILES string of the molecule is CCn1c2c(c(=O)n1-c1ccc(C)cc1)CCC2. The van der Waals surface area contributed by atoms with Crippen molar-refractivity contribution in [2.75, 3.05) is 0 Å². The molecule has 0 atom stereocenters. The molecule has 1 aromatic carbocycles. The first-order valence-corrected chi connectivity index (χ1v) is 6.63. The molecular weight excluding hydrogens is 224 g/mol. The van der Waals surface area contributed by atoms with Gasteiger partial charge in [0.05, 0.1) is 5.69 Å². The molecule has 0 aliphatic heterocycles. The Bertz CT molecular complexity index is 632. The van der Waals surface area contributed by atoms with Crippen molar-refractivity contribution in [2.24, 2.45) is 0 Å². The van der Waals surface area contributed by atoms with E-state index < -0.39 is 0 Å². The number of nitrogens with zero attached hydrogens (tertiary/aromatic N) is 2. The van der Waals surface area contributed by atoms with Crippen molar-refractivity contribution in [1.29, 1.82) is 0 Å². The number of aromatic nitrogens is 2. The third kappa shape index (κ3) is 1.54. The van der Waals surface area contributed by atoms with Gasteiger partial charge in [-0.15, -0.1) is 0 Å². The molecule has 94 valence electrons. The van der Waals surface area contributed by atoms with Gasteiger partial charge in [-0.25, -0.2) is 4.68 Å². The Morgan fingerprint density at radius 2 is 1.89 bits per heavy atom. The van der Waals surface area contributed by atoms with Gasteiger partial charge < -0.3 is 0 Å². The summed E-state index contributed by atoms with van der Waals surface area (Å²) in [5.74, 6) is 0. The van der Waals surface area contributed by atoms with Gasteiger partial charge in [-0.1, -0.05) is 17.7 Å². The zero-order chi connectivity index (χ0) is 12.7. The highest BCUT2D eigenvalue weighted by Gasteiger charge is 2.23. The lowest BCUT2D eigenvalue weighted by atomic mass is 10.2. The summed E-state index contributed by atoms with van der Waals surface area (Å²) >= 11 is 0.